The predicted octanol–water partition coefficient (Wildman–Crippen LogP) is 1.20. The number of rotatable bonds is 5. The molecule has 0 aliphatic carbocycles. The minimum absolute atomic E-state index is 0.00259. The Labute approximate surface area is 93.9 Å². The lowest BCUT2D eigenvalue weighted by Crippen LogP contribution is -2.30. The van der Waals surface area contributed by atoms with E-state index in [1.54, 1.807) is 11.3 Å². The first-order valence-electron chi connectivity index (χ1n) is 5.05. The van der Waals surface area contributed by atoms with Gasteiger partial charge in [-0.1, -0.05) is 6.92 Å². The molecule has 0 spiro atoms. The predicted molar refractivity (Wildman–Crippen MR) is 61.6 cm³/mol. The summed E-state index contributed by atoms with van der Waals surface area (Å²) in [5.74, 6) is -0.00259. The minimum Gasteiger partial charge on any atom is -0.350 e. The molecule has 84 valence electrons. The van der Waals surface area contributed by atoms with Crippen LogP contribution in [0, 0.1) is 6.92 Å². The van der Waals surface area contributed by atoms with Crippen LogP contribution in [0.3, 0.4) is 0 Å². The summed E-state index contributed by atoms with van der Waals surface area (Å²) in [6, 6.07) is -0.0389. The number of nitrogens with two attached hydrogens (primary N) is 1. The van der Waals surface area contributed by atoms with Crippen molar-refractivity contribution in [2.24, 2.45) is 5.73 Å². The molecule has 0 aliphatic rings. The topological polar surface area (TPSA) is 68.0 Å². The Kier molecular flexibility index (Phi) is 4.71. The molecular formula is C10H17N3OS. The highest BCUT2D eigenvalue weighted by Gasteiger charge is 2.07. The number of carbonyl (C=O) groups excluding carboxylic acids is 1. The van der Waals surface area contributed by atoms with Gasteiger partial charge < -0.3 is 11.1 Å². The highest BCUT2D eigenvalue weighted by molar-refractivity contribution is 7.09. The van der Waals surface area contributed by atoms with Crippen molar-refractivity contribution >= 4 is 17.2 Å². The molecule has 0 saturated carbocycles. The summed E-state index contributed by atoms with van der Waals surface area (Å²) in [5, 5.41) is 5.71. The average Bonchev–Trinajstić information content (AvgIpc) is 2.61. The molecule has 1 atom stereocenters. The van der Waals surface area contributed by atoms with Crippen molar-refractivity contribution in [1.29, 1.82) is 0 Å². The van der Waals surface area contributed by atoms with Gasteiger partial charge in [-0.3, -0.25) is 4.79 Å². The summed E-state index contributed by atoms with van der Waals surface area (Å²) in [6.07, 6.45) is 1.21. The molecule has 0 bridgehead atoms. The van der Waals surface area contributed by atoms with E-state index in [0.29, 0.717) is 13.0 Å². The van der Waals surface area contributed by atoms with Gasteiger partial charge in [0.1, 0.15) is 5.01 Å². The Morgan fingerprint density at radius 2 is 2.47 bits per heavy atom. The third kappa shape index (κ3) is 4.40. The van der Waals surface area contributed by atoms with Gasteiger partial charge >= 0.3 is 0 Å². The Balaban J connectivity index is 2.28. The fourth-order valence-corrected chi connectivity index (χ4v) is 1.82. The third-order valence-corrected chi connectivity index (χ3v) is 3.04. The number of aromatic nitrogens is 1. The normalized spacial score (nSPS) is 12.5. The lowest BCUT2D eigenvalue weighted by molar-refractivity contribution is -0.121. The van der Waals surface area contributed by atoms with Crippen LogP contribution in [0.1, 0.15) is 30.5 Å². The maximum Gasteiger partial charge on any atom is 0.221 e. The van der Waals surface area contributed by atoms with Crippen LogP contribution in [-0.4, -0.2) is 16.9 Å². The molecule has 0 saturated heterocycles. The quantitative estimate of drug-likeness (QED) is 0.794. The second-order valence-electron chi connectivity index (χ2n) is 3.53. The fraction of sp³-hybridized carbons (Fsp3) is 0.600. The first-order chi connectivity index (χ1) is 7.11. The van der Waals surface area contributed by atoms with Gasteiger partial charge in [0, 0.05) is 23.5 Å². The number of nitrogens with one attached hydrogen (secondary N) is 1. The van der Waals surface area contributed by atoms with E-state index in [-0.39, 0.29) is 11.9 Å². The summed E-state index contributed by atoms with van der Waals surface area (Å²) in [7, 11) is 0. The summed E-state index contributed by atoms with van der Waals surface area (Å²) in [5.41, 5.74) is 6.67. The summed E-state index contributed by atoms with van der Waals surface area (Å²) in [6.45, 7) is 4.42. The molecular weight excluding hydrogens is 210 g/mol. The van der Waals surface area contributed by atoms with E-state index in [9.17, 15) is 4.79 Å². The number of carbonyl (C=O) groups is 1. The second-order valence-corrected chi connectivity index (χ2v) is 4.47. The summed E-state index contributed by atoms with van der Waals surface area (Å²) >= 11 is 1.56. The van der Waals surface area contributed by atoms with E-state index in [4.69, 9.17) is 5.73 Å². The second kappa shape index (κ2) is 5.82. The van der Waals surface area contributed by atoms with E-state index < -0.39 is 0 Å². The Morgan fingerprint density at radius 3 is 3.00 bits per heavy atom. The van der Waals surface area contributed by atoms with E-state index >= 15 is 0 Å². The highest BCUT2D eigenvalue weighted by atomic mass is 32.1. The molecule has 5 heteroatoms. The van der Waals surface area contributed by atoms with Crippen molar-refractivity contribution in [2.75, 3.05) is 0 Å². The molecule has 0 fully saturated rings. The van der Waals surface area contributed by atoms with Crippen LogP contribution in [0.15, 0.2) is 5.38 Å². The van der Waals surface area contributed by atoms with Crippen LogP contribution in [0.2, 0.25) is 0 Å². The zero-order valence-electron chi connectivity index (χ0n) is 9.12. The van der Waals surface area contributed by atoms with Gasteiger partial charge in [0.25, 0.3) is 0 Å². The average molecular weight is 227 g/mol. The number of amides is 1. The molecule has 0 aliphatic heterocycles. The van der Waals surface area contributed by atoms with Crippen molar-refractivity contribution in [3.63, 3.8) is 0 Å². The SMILES string of the molecule is CCC(N)CC(=O)NCc1nc(C)cs1. The van der Waals surface area contributed by atoms with Gasteiger partial charge in [-0.15, -0.1) is 11.3 Å². The minimum atomic E-state index is -0.0389. The van der Waals surface area contributed by atoms with Crippen molar-refractivity contribution in [3.05, 3.63) is 16.1 Å². The molecule has 1 heterocycles. The standard InChI is InChI=1S/C10H17N3OS/c1-3-8(11)4-9(14)12-5-10-13-7(2)6-15-10/h6,8H,3-5,11H2,1-2H3,(H,12,14). The van der Waals surface area contributed by atoms with Gasteiger partial charge in [-0.2, -0.15) is 0 Å². The molecule has 1 unspecified atom stereocenters. The van der Waals surface area contributed by atoms with Gasteiger partial charge in [-0.25, -0.2) is 4.98 Å². The third-order valence-electron chi connectivity index (χ3n) is 2.08. The molecule has 0 radical (unpaired) electrons. The molecule has 1 aromatic heterocycles. The van der Waals surface area contributed by atoms with Crippen LogP contribution in [0.4, 0.5) is 0 Å². The number of nitrogens with zero attached hydrogens (tertiary/aromatic N) is 1. The fourth-order valence-electron chi connectivity index (χ4n) is 1.11. The maximum atomic E-state index is 11.4. The lowest BCUT2D eigenvalue weighted by atomic mass is 10.1. The molecule has 1 aromatic rings. The molecule has 1 rings (SSSR count). The molecule has 15 heavy (non-hydrogen) atoms. The Morgan fingerprint density at radius 1 is 1.73 bits per heavy atom. The van der Waals surface area contributed by atoms with E-state index in [1.165, 1.54) is 0 Å². The number of hydrogen-bond acceptors (Lipinski definition) is 4. The summed E-state index contributed by atoms with van der Waals surface area (Å²) in [4.78, 5) is 15.6. The first kappa shape index (κ1) is 12.1. The number of hydrogen-bond donors (Lipinski definition) is 2. The van der Waals surface area contributed by atoms with Crippen LogP contribution in [0.5, 0.6) is 0 Å². The molecule has 3 N–H and O–H groups in total. The van der Waals surface area contributed by atoms with Crippen LogP contribution in [0.25, 0.3) is 0 Å². The molecule has 0 aromatic carbocycles. The van der Waals surface area contributed by atoms with Gasteiger partial charge in [0.2, 0.25) is 5.91 Å². The largest absolute Gasteiger partial charge is 0.350 e. The lowest BCUT2D eigenvalue weighted by Gasteiger charge is -2.07. The maximum absolute atomic E-state index is 11.4. The van der Waals surface area contributed by atoms with E-state index in [2.05, 4.69) is 10.3 Å². The zero-order chi connectivity index (χ0) is 11.3. The molecule has 1 amide bonds. The summed E-state index contributed by atoms with van der Waals surface area (Å²) < 4.78 is 0. The van der Waals surface area contributed by atoms with Crippen molar-refractivity contribution in [1.82, 2.24) is 10.3 Å². The van der Waals surface area contributed by atoms with Crippen LogP contribution < -0.4 is 11.1 Å². The van der Waals surface area contributed by atoms with Crippen molar-refractivity contribution < 1.29 is 4.79 Å². The van der Waals surface area contributed by atoms with Crippen LogP contribution in [-0.2, 0) is 11.3 Å². The van der Waals surface area contributed by atoms with Crippen molar-refractivity contribution in [2.45, 2.75) is 39.3 Å². The Hall–Kier alpha value is -0.940. The zero-order valence-corrected chi connectivity index (χ0v) is 9.93. The number of aryl methyl sites for hydroxylation is 1. The smallest absolute Gasteiger partial charge is 0.221 e. The first-order valence-corrected chi connectivity index (χ1v) is 5.93. The monoisotopic (exact) mass is 227 g/mol. The van der Waals surface area contributed by atoms with Gasteiger partial charge in [0.15, 0.2) is 0 Å². The van der Waals surface area contributed by atoms with Gasteiger partial charge in [-0.05, 0) is 13.3 Å². The van der Waals surface area contributed by atoms with Gasteiger partial charge in [0.05, 0.1) is 6.54 Å². The van der Waals surface area contributed by atoms with E-state index in [1.807, 2.05) is 19.2 Å². The van der Waals surface area contributed by atoms with Crippen molar-refractivity contribution in [3.8, 4) is 0 Å². The Bertz CT molecular complexity index is 324. The number of thiazole rings is 1. The highest BCUT2D eigenvalue weighted by Crippen LogP contribution is 2.07. The van der Waals surface area contributed by atoms with Crippen LogP contribution >= 0.6 is 11.3 Å². The van der Waals surface area contributed by atoms with E-state index in [0.717, 1.165) is 17.1 Å². The molecule has 4 nitrogen and oxygen atoms in total.